The predicted molar refractivity (Wildman–Crippen MR) is 139 cm³/mol. The summed E-state index contributed by atoms with van der Waals surface area (Å²) in [5.41, 5.74) is 0. The van der Waals surface area contributed by atoms with Crippen LogP contribution in [0.5, 0.6) is 0 Å². The van der Waals surface area contributed by atoms with Gasteiger partial charge in [-0.25, -0.2) is 8.42 Å². The topological polar surface area (TPSA) is 63.6 Å². The average Bonchev–Trinajstić information content (AvgIpc) is 2.77. The molecular weight excluding hydrogens is 420 g/mol. The molecular formula is C27H56O4S. The van der Waals surface area contributed by atoms with Gasteiger partial charge in [0.2, 0.25) is 0 Å². The lowest BCUT2D eigenvalue weighted by atomic mass is 10.1. The van der Waals surface area contributed by atoms with Gasteiger partial charge in [0.15, 0.2) is 9.84 Å². The highest BCUT2D eigenvalue weighted by Crippen LogP contribution is 2.13. The fourth-order valence-corrected chi connectivity index (χ4v) is 5.75. The molecule has 32 heavy (non-hydrogen) atoms. The summed E-state index contributed by atoms with van der Waals surface area (Å²) >= 11 is 0. The third kappa shape index (κ3) is 23.0. The first-order chi connectivity index (χ1) is 15.6. The largest absolute Gasteiger partial charge is 0.394 e. The lowest BCUT2D eigenvalue weighted by molar-refractivity contribution is 0.0250. The van der Waals surface area contributed by atoms with Gasteiger partial charge in [0.1, 0.15) is 0 Å². The Morgan fingerprint density at radius 2 is 0.969 bits per heavy atom. The van der Waals surface area contributed by atoms with Crippen molar-refractivity contribution in [3.8, 4) is 0 Å². The van der Waals surface area contributed by atoms with E-state index in [1.54, 1.807) is 0 Å². The molecule has 1 unspecified atom stereocenters. The van der Waals surface area contributed by atoms with Crippen LogP contribution in [-0.2, 0) is 14.6 Å². The highest BCUT2D eigenvalue weighted by atomic mass is 32.2. The van der Waals surface area contributed by atoms with Gasteiger partial charge in [0.25, 0.3) is 0 Å². The van der Waals surface area contributed by atoms with E-state index in [9.17, 15) is 13.5 Å². The predicted octanol–water partition coefficient (Wildman–Crippen LogP) is 7.62. The molecule has 0 aliphatic rings. The first-order valence-corrected chi connectivity index (χ1v) is 15.8. The summed E-state index contributed by atoms with van der Waals surface area (Å²) in [6, 6.07) is 0. The first kappa shape index (κ1) is 31.9. The van der Waals surface area contributed by atoms with Crippen molar-refractivity contribution in [1.82, 2.24) is 0 Å². The molecule has 194 valence electrons. The normalized spacial score (nSPS) is 13.0. The molecule has 0 rings (SSSR count). The minimum atomic E-state index is -3.15. The second-order valence-corrected chi connectivity index (χ2v) is 11.9. The Morgan fingerprint density at radius 1 is 0.594 bits per heavy atom. The van der Waals surface area contributed by atoms with Crippen LogP contribution in [-0.4, -0.2) is 44.3 Å². The van der Waals surface area contributed by atoms with E-state index in [1.807, 2.05) is 0 Å². The van der Waals surface area contributed by atoms with Crippen molar-refractivity contribution in [2.75, 3.05) is 24.7 Å². The van der Waals surface area contributed by atoms with Gasteiger partial charge in [-0.15, -0.1) is 0 Å². The van der Waals surface area contributed by atoms with Crippen molar-refractivity contribution in [3.63, 3.8) is 0 Å². The van der Waals surface area contributed by atoms with Crippen molar-refractivity contribution in [2.45, 2.75) is 148 Å². The standard InChI is InChI=1S/C27H56O4S/c1-3-5-7-9-11-13-15-17-19-21-23-31-27(25-28)26-32(29,30)24-22-20-18-16-14-12-10-8-6-4-2/h27-28H,3-26H2,1-2H3. The third-order valence-electron chi connectivity index (χ3n) is 6.30. The van der Waals surface area contributed by atoms with E-state index in [1.165, 1.54) is 96.3 Å². The van der Waals surface area contributed by atoms with Gasteiger partial charge in [0.05, 0.1) is 24.2 Å². The highest BCUT2D eigenvalue weighted by Gasteiger charge is 2.19. The van der Waals surface area contributed by atoms with Crippen molar-refractivity contribution < 1.29 is 18.3 Å². The van der Waals surface area contributed by atoms with Gasteiger partial charge in [-0.3, -0.25) is 0 Å². The van der Waals surface area contributed by atoms with E-state index in [0.717, 1.165) is 32.1 Å². The number of sulfone groups is 1. The molecule has 0 spiro atoms. The Labute approximate surface area is 201 Å². The van der Waals surface area contributed by atoms with E-state index in [4.69, 9.17) is 4.74 Å². The molecule has 0 saturated heterocycles. The Hall–Kier alpha value is -0.130. The van der Waals surface area contributed by atoms with Crippen LogP contribution in [0.4, 0.5) is 0 Å². The fourth-order valence-electron chi connectivity index (χ4n) is 4.17. The van der Waals surface area contributed by atoms with Gasteiger partial charge in [-0.05, 0) is 12.8 Å². The number of aliphatic hydroxyl groups is 1. The molecule has 0 saturated carbocycles. The number of hydrogen-bond acceptors (Lipinski definition) is 4. The van der Waals surface area contributed by atoms with E-state index in [0.29, 0.717) is 6.61 Å². The third-order valence-corrected chi connectivity index (χ3v) is 8.09. The van der Waals surface area contributed by atoms with E-state index in [-0.39, 0.29) is 18.1 Å². The summed E-state index contributed by atoms with van der Waals surface area (Å²) in [5.74, 6) is 0.181. The molecule has 0 aliphatic carbocycles. The van der Waals surface area contributed by atoms with Crippen LogP contribution in [0.2, 0.25) is 0 Å². The Bertz CT molecular complexity index is 464. The van der Waals surface area contributed by atoms with E-state index < -0.39 is 15.9 Å². The van der Waals surface area contributed by atoms with Gasteiger partial charge >= 0.3 is 0 Å². The summed E-state index contributed by atoms with van der Waals surface area (Å²) in [6.07, 6.45) is 24.0. The number of unbranched alkanes of at least 4 members (excludes halogenated alkanes) is 18. The lowest BCUT2D eigenvalue weighted by Gasteiger charge is -2.15. The molecule has 5 heteroatoms. The maximum absolute atomic E-state index is 12.3. The maximum Gasteiger partial charge on any atom is 0.152 e. The van der Waals surface area contributed by atoms with Crippen LogP contribution in [0.15, 0.2) is 0 Å². The minimum absolute atomic E-state index is 0.0430. The van der Waals surface area contributed by atoms with Crippen LogP contribution in [0.3, 0.4) is 0 Å². The second-order valence-electron chi connectivity index (χ2n) is 9.65. The molecule has 4 nitrogen and oxygen atoms in total. The molecule has 0 radical (unpaired) electrons. The monoisotopic (exact) mass is 476 g/mol. The summed E-state index contributed by atoms with van der Waals surface area (Å²) in [4.78, 5) is 0. The number of aliphatic hydroxyl groups excluding tert-OH is 1. The molecule has 1 N–H and O–H groups in total. The van der Waals surface area contributed by atoms with Crippen LogP contribution in [0.25, 0.3) is 0 Å². The number of rotatable bonds is 26. The van der Waals surface area contributed by atoms with E-state index in [2.05, 4.69) is 13.8 Å². The van der Waals surface area contributed by atoms with Gasteiger partial charge in [-0.2, -0.15) is 0 Å². The smallest absolute Gasteiger partial charge is 0.152 e. The summed E-state index contributed by atoms with van der Waals surface area (Å²) in [6.45, 7) is 4.82. The van der Waals surface area contributed by atoms with E-state index >= 15 is 0 Å². The zero-order valence-electron chi connectivity index (χ0n) is 21.6. The molecule has 0 aromatic heterocycles. The minimum Gasteiger partial charge on any atom is -0.394 e. The first-order valence-electron chi connectivity index (χ1n) is 14.0. The molecule has 0 heterocycles. The van der Waals surface area contributed by atoms with Crippen LogP contribution < -0.4 is 0 Å². The zero-order valence-corrected chi connectivity index (χ0v) is 22.4. The van der Waals surface area contributed by atoms with Crippen molar-refractivity contribution in [2.24, 2.45) is 0 Å². The quantitative estimate of drug-likeness (QED) is 0.130. The molecule has 0 bridgehead atoms. The van der Waals surface area contributed by atoms with Gasteiger partial charge in [0, 0.05) is 6.61 Å². The molecule has 0 aliphatic heterocycles. The average molecular weight is 477 g/mol. The molecule has 0 aromatic rings. The Morgan fingerprint density at radius 3 is 1.38 bits per heavy atom. The Kier molecular flexibility index (Phi) is 23.9. The summed E-state index contributed by atoms with van der Waals surface area (Å²) in [7, 11) is -3.15. The summed E-state index contributed by atoms with van der Waals surface area (Å²) in [5, 5.41) is 9.51. The molecule has 1 atom stereocenters. The lowest BCUT2D eigenvalue weighted by Crippen LogP contribution is -2.29. The molecule has 0 amide bonds. The number of ether oxygens (including phenoxy) is 1. The Balaban J connectivity index is 3.63. The van der Waals surface area contributed by atoms with Crippen molar-refractivity contribution >= 4 is 9.84 Å². The number of hydrogen-bond donors (Lipinski definition) is 1. The van der Waals surface area contributed by atoms with Crippen LogP contribution in [0.1, 0.15) is 142 Å². The van der Waals surface area contributed by atoms with Crippen LogP contribution >= 0.6 is 0 Å². The summed E-state index contributed by atoms with van der Waals surface area (Å²) < 4.78 is 30.4. The van der Waals surface area contributed by atoms with Gasteiger partial charge < -0.3 is 9.84 Å². The molecule has 0 aromatic carbocycles. The van der Waals surface area contributed by atoms with Crippen molar-refractivity contribution in [3.05, 3.63) is 0 Å². The van der Waals surface area contributed by atoms with Crippen molar-refractivity contribution in [1.29, 1.82) is 0 Å². The van der Waals surface area contributed by atoms with Crippen LogP contribution in [0, 0.1) is 0 Å². The highest BCUT2D eigenvalue weighted by molar-refractivity contribution is 7.91. The SMILES string of the molecule is CCCCCCCCCCCCOC(CO)CS(=O)(=O)CCCCCCCCCCCC. The molecule has 0 fully saturated rings. The maximum atomic E-state index is 12.3. The fraction of sp³-hybridized carbons (Fsp3) is 1.00. The zero-order chi connectivity index (χ0) is 23.8. The van der Waals surface area contributed by atoms with Gasteiger partial charge in [-0.1, -0.05) is 129 Å². The second kappa shape index (κ2) is 24.0.